The van der Waals surface area contributed by atoms with Crippen LogP contribution in [0.3, 0.4) is 0 Å². The Kier molecular flexibility index (Phi) is 4.29. The first-order valence-corrected chi connectivity index (χ1v) is 11.1. The first-order valence-electron chi connectivity index (χ1n) is 8.42. The molecule has 0 aliphatic carbocycles. The predicted molar refractivity (Wildman–Crippen MR) is 101 cm³/mol. The molecule has 4 rings (SSSR count). The van der Waals surface area contributed by atoms with E-state index in [4.69, 9.17) is 0 Å². The van der Waals surface area contributed by atoms with Gasteiger partial charge in [-0.25, -0.2) is 17.9 Å². The van der Waals surface area contributed by atoms with Crippen molar-refractivity contribution in [1.29, 1.82) is 0 Å². The lowest BCUT2D eigenvalue weighted by atomic mass is 9.99. The number of fused-ring (bicyclic) bond motifs is 3. The predicted octanol–water partition coefficient (Wildman–Crippen LogP) is 2.63. The molecule has 136 valence electrons. The van der Waals surface area contributed by atoms with E-state index in [1.54, 1.807) is 34.8 Å². The highest BCUT2D eigenvalue weighted by Crippen LogP contribution is 2.34. The number of benzene rings is 1. The van der Waals surface area contributed by atoms with Gasteiger partial charge in [-0.1, -0.05) is 18.2 Å². The highest BCUT2D eigenvalue weighted by Gasteiger charge is 2.31. The highest BCUT2D eigenvalue weighted by molar-refractivity contribution is 7.99. The normalized spacial score (nSPS) is 17.4. The number of aromatic nitrogens is 3. The van der Waals surface area contributed by atoms with Crippen molar-refractivity contribution in [2.75, 3.05) is 6.26 Å². The summed E-state index contributed by atoms with van der Waals surface area (Å²) in [5, 5.41) is 8.51. The van der Waals surface area contributed by atoms with E-state index in [1.807, 2.05) is 13.2 Å². The second-order valence-electron chi connectivity index (χ2n) is 6.50. The number of hydrogen-bond acceptors (Lipinski definition) is 6. The molecule has 6 nitrogen and oxygen atoms in total. The maximum atomic E-state index is 13.3. The fourth-order valence-corrected chi connectivity index (χ4v) is 5.82. The van der Waals surface area contributed by atoms with Crippen molar-refractivity contribution in [3.63, 3.8) is 0 Å². The summed E-state index contributed by atoms with van der Waals surface area (Å²) in [6, 6.07) is 8.83. The van der Waals surface area contributed by atoms with Gasteiger partial charge in [0.2, 0.25) is 9.84 Å². The molecule has 0 saturated heterocycles. The first kappa shape index (κ1) is 17.5. The van der Waals surface area contributed by atoms with Crippen LogP contribution in [0, 0.1) is 6.92 Å². The molecule has 0 fully saturated rings. The van der Waals surface area contributed by atoms with E-state index in [0.29, 0.717) is 23.3 Å². The van der Waals surface area contributed by atoms with Gasteiger partial charge in [0.1, 0.15) is 5.03 Å². The summed E-state index contributed by atoms with van der Waals surface area (Å²) >= 11 is 1.33. The molecule has 1 unspecified atom stereocenters. The van der Waals surface area contributed by atoms with Crippen LogP contribution in [0.2, 0.25) is 0 Å². The molecular weight excluding hydrogens is 368 g/mol. The fraction of sp³-hybridized carbons (Fsp3) is 0.333. The number of nitrogens with zero attached hydrogens (tertiary/aromatic N) is 3. The molecule has 2 aromatic heterocycles. The quantitative estimate of drug-likeness (QED) is 0.695. The topological polar surface area (TPSA) is 76.4 Å². The summed E-state index contributed by atoms with van der Waals surface area (Å²) in [6.07, 6.45) is 2.70. The van der Waals surface area contributed by atoms with Crippen LogP contribution < -0.4 is 5.32 Å². The molecule has 1 aliphatic rings. The van der Waals surface area contributed by atoms with Gasteiger partial charge in [0, 0.05) is 18.3 Å². The average molecular weight is 389 g/mol. The van der Waals surface area contributed by atoms with Crippen molar-refractivity contribution in [3.05, 3.63) is 47.3 Å². The average Bonchev–Trinajstić information content (AvgIpc) is 3.02. The number of nitrogens with one attached hydrogen (secondary N) is 1. The third kappa shape index (κ3) is 2.64. The van der Waals surface area contributed by atoms with Gasteiger partial charge in [-0.2, -0.15) is 5.10 Å². The zero-order valence-corrected chi connectivity index (χ0v) is 16.5. The van der Waals surface area contributed by atoms with Crippen LogP contribution in [-0.2, 0) is 22.8 Å². The summed E-state index contributed by atoms with van der Waals surface area (Å²) in [6.45, 7) is 4.73. The molecule has 0 saturated carbocycles. The molecule has 8 heteroatoms. The Morgan fingerprint density at radius 1 is 1.27 bits per heavy atom. The Morgan fingerprint density at radius 3 is 2.69 bits per heavy atom. The Balaban J connectivity index is 2.04. The van der Waals surface area contributed by atoms with Crippen molar-refractivity contribution in [3.8, 4) is 0 Å². The molecule has 3 aromatic rings. The van der Waals surface area contributed by atoms with E-state index in [0.717, 1.165) is 23.4 Å². The molecule has 1 N–H and O–H groups in total. The van der Waals surface area contributed by atoms with E-state index in [1.165, 1.54) is 11.8 Å². The summed E-state index contributed by atoms with van der Waals surface area (Å²) in [7, 11) is -3.71. The summed E-state index contributed by atoms with van der Waals surface area (Å²) in [5.74, 6) is 0. The Morgan fingerprint density at radius 2 is 2.00 bits per heavy atom. The summed E-state index contributed by atoms with van der Waals surface area (Å²) in [4.78, 5) is 5.12. The van der Waals surface area contributed by atoms with Crippen LogP contribution in [0.15, 0.2) is 45.1 Å². The Labute approximate surface area is 156 Å². The SMILES string of the molecule is CSc1nn2c3c(c(C)nc2c1S(=O)(=O)c1ccccc1)CC(C)NC3. The minimum absolute atomic E-state index is 0.195. The standard InChI is InChI=1S/C18H20N4O2S2/c1-11-9-14-12(2)20-17-16(26(23,24)13-7-5-4-6-8-13)18(25-3)21-22(17)15(14)10-19-11/h4-8,11,19H,9-10H2,1-3H3. The van der Waals surface area contributed by atoms with Crippen molar-refractivity contribution in [2.24, 2.45) is 0 Å². The van der Waals surface area contributed by atoms with Gasteiger partial charge in [0.25, 0.3) is 0 Å². The van der Waals surface area contributed by atoms with E-state index in [9.17, 15) is 8.42 Å². The van der Waals surface area contributed by atoms with Crippen molar-refractivity contribution < 1.29 is 8.42 Å². The molecule has 0 bridgehead atoms. The van der Waals surface area contributed by atoms with Gasteiger partial charge >= 0.3 is 0 Å². The van der Waals surface area contributed by atoms with Crippen molar-refractivity contribution in [2.45, 2.75) is 47.7 Å². The van der Waals surface area contributed by atoms with Gasteiger partial charge in [-0.05, 0) is 44.2 Å². The molecular formula is C18H20N4O2S2. The summed E-state index contributed by atoms with van der Waals surface area (Å²) in [5.41, 5.74) is 3.43. The largest absolute Gasteiger partial charge is 0.308 e. The van der Waals surface area contributed by atoms with E-state index >= 15 is 0 Å². The van der Waals surface area contributed by atoms with Gasteiger partial charge in [0.05, 0.1) is 10.6 Å². The molecule has 0 radical (unpaired) electrons. The fourth-order valence-electron chi connectivity index (χ4n) is 3.41. The van der Waals surface area contributed by atoms with Gasteiger partial charge < -0.3 is 5.32 Å². The number of rotatable bonds is 3. The maximum absolute atomic E-state index is 13.3. The second-order valence-corrected chi connectivity index (χ2v) is 9.18. The second kappa shape index (κ2) is 6.37. The first-order chi connectivity index (χ1) is 12.4. The van der Waals surface area contributed by atoms with Gasteiger partial charge in [-0.15, -0.1) is 11.8 Å². The van der Waals surface area contributed by atoms with Crippen molar-refractivity contribution in [1.82, 2.24) is 19.9 Å². The Hall–Kier alpha value is -1.90. The zero-order chi connectivity index (χ0) is 18.5. The number of aryl methyl sites for hydroxylation is 1. The smallest absolute Gasteiger partial charge is 0.213 e. The van der Waals surface area contributed by atoms with Crippen LogP contribution in [-0.4, -0.2) is 35.3 Å². The van der Waals surface area contributed by atoms with E-state index in [2.05, 4.69) is 22.3 Å². The Bertz CT molecular complexity index is 1090. The third-order valence-corrected chi connectivity index (χ3v) is 7.35. The highest BCUT2D eigenvalue weighted by atomic mass is 32.2. The molecule has 0 amide bonds. The lowest BCUT2D eigenvalue weighted by Gasteiger charge is -2.24. The van der Waals surface area contributed by atoms with E-state index in [-0.39, 0.29) is 9.79 Å². The molecule has 26 heavy (non-hydrogen) atoms. The third-order valence-electron chi connectivity index (χ3n) is 4.75. The molecule has 3 heterocycles. The molecule has 1 atom stereocenters. The molecule has 1 aromatic carbocycles. The molecule has 0 spiro atoms. The maximum Gasteiger partial charge on any atom is 0.213 e. The number of thioether (sulfide) groups is 1. The van der Waals surface area contributed by atoms with Crippen molar-refractivity contribution >= 4 is 27.2 Å². The monoisotopic (exact) mass is 388 g/mol. The minimum Gasteiger partial charge on any atom is -0.308 e. The van der Waals surface area contributed by atoms with Crippen LogP contribution >= 0.6 is 11.8 Å². The lowest BCUT2D eigenvalue weighted by molar-refractivity contribution is 0.491. The lowest BCUT2D eigenvalue weighted by Crippen LogP contribution is -2.35. The van der Waals surface area contributed by atoms with Crippen LogP contribution in [0.1, 0.15) is 23.9 Å². The van der Waals surface area contributed by atoms with E-state index < -0.39 is 9.84 Å². The minimum atomic E-state index is -3.71. The van der Waals surface area contributed by atoms with Crippen LogP contribution in [0.25, 0.3) is 5.65 Å². The zero-order valence-electron chi connectivity index (χ0n) is 14.9. The van der Waals surface area contributed by atoms with Crippen LogP contribution in [0.5, 0.6) is 0 Å². The van der Waals surface area contributed by atoms with Gasteiger partial charge in [-0.3, -0.25) is 0 Å². The molecule has 1 aliphatic heterocycles. The van der Waals surface area contributed by atoms with Gasteiger partial charge in [0.15, 0.2) is 10.5 Å². The summed E-state index contributed by atoms with van der Waals surface area (Å²) < 4.78 is 28.3. The number of hydrogen-bond donors (Lipinski definition) is 1. The van der Waals surface area contributed by atoms with Crippen LogP contribution in [0.4, 0.5) is 0 Å². The number of sulfone groups is 1.